The molecule has 0 N–H and O–H groups in total. The second kappa shape index (κ2) is 3.88. The maximum atomic E-state index is 10.7. The van der Waals surface area contributed by atoms with Gasteiger partial charge in [-0.25, -0.2) is 9.59 Å². The first-order valence-corrected chi connectivity index (χ1v) is 3.21. The standard InChI is InChI=1S/C7H11NO3/c1-7(2,3)11-6(10)4-8-5-9/h4H2,1-3H3. The minimum atomic E-state index is -0.518. The van der Waals surface area contributed by atoms with Crippen LogP contribution in [-0.4, -0.2) is 24.2 Å². The number of nitrogens with zero attached hydrogens (tertiary/aromatic N) is 1. The van der Waals surface area contributed by atoms with Crippen LogP contribution in [0.1, 0.15) is 20.8 Å². The van der Waals surface area contributed by atoms with Gasteiger partial charge in [0, 0.05) is 0 Å². The Kier molecular flexibility index (Phi) is 3.48. The summed E-state index contributed by atoms with van der Waals surface area (Å²) < 4.78 is 4.83. The van der Waals surface area contributed by atoms with Crippen molar-refractivity contribution >= 4 is 12.0 Å². The second-order valence-electron chi connectivity index (χ2n) is 2.99. The van der Waals surface area contributed by atoms with Crippen LogP contribution < -0.4 is 0 Å². The molecule has 0 radical (unpaired) electrons. The van der Waals surface area contributed by atoms with Crippen molar-refractivity contribution in [3.05, 3.63) is 0 Å². The molecule has 0 heterocycles. The van der Waals surface area contributed by atoms with E-state index in [1.807, 2.05) is 0 Å². The van der Waals surface area contributed by atoms with Crippen LogP contribution in [0.4, 0.5) is 0 Å². The molecule has 0 unspecified atom stereocenters. The van der Waals surface area contributed by atoms with Gasteiger partial charge >= 0.3 is 5.97 Å². The molecule has 0 saturated carbocycles. The van der Waals surface area contributed by atoms with Crippen molar-refractivity contribution in [3.8, 4) is 0 Å². The van der Waals surface area contributed by atoms with Crippen LogP contribution in [0.5, 0.6) is 0 Å². The molecule has 0 bridgehead atoms. The highest BCUT2D eigenvalue weighted by molar-refractivity contribution is 5.73. The summed E-state index contributed by atoms with van der Waals surface area (Å²) in [4.78, 5) is 23.4. The van der Waals surface area contributed by atoms with E-state index in [4.69, 9.17) is 4.74 Å². The summed E-state index contributed by atoms with van der Waals surface area (Å²) in [6.07, 6.45) is 1.26. The molecule has 0 spiro atoms. The zero-order valence-corrected chi connectivity index (χ0v) is 6.88. The monoisotopic (exact) mass is 157 g/mol. The largest absolute Gasteiger partial charge is 0.459 e. The predicted molar refractivity (Wildman–Crippen MR) is 38.8 cm³/mol. The van der Waals surface area contributed by atoms with Crippen molar-refractivity contribution in [1.82, 2.24) is 0 Å². The lowest BCUT2D eigenvalue weighted by atomic mass is 10.2. The molecule has 4 heteroatoms. The van der Waals surface area contributed by atoms with E-state index in [9.17, 15) is 9.59 Å². The lowest BCUT2D eigenvalue weighted by Gasteiger charge is -2.18. The SMILES string of the molecule is CC(C)(C)OC(=O)CN=C=O. The molecule has 0 aromatic rings. The normalized spacial score (nSPS) is 10.1. The third-order valence-electron chi connectivity index (χ3n) is 0.693. The first-order valence-electron chi connectivity index (χ1n) is 3.21. The Hall–Kier alpha value is -1.15. The Morgan fingerprint density at radius 1 is 1.55 bits per heavy atom. The minimum absolute atomic E-state index is 0.249. The summed E-state index contributed by atoms with van der Waals surface area (Å²) in [5.74, 6) is -0.513. The number of isocyanates is 1. The van der Waals surface area contributed by atoms with Gasteiger partial charge in [-0.05, 0) is 20.8 Å². The number of hydrogen-bond acceptors (Lipinski definition) is 4. The van der Waals surface area contributed by atoms with Crippen LogP contribution in [0.2, 0.25) is 0 Å². The zero-order chi connectivity index (χ0) is 8.91. The molecule has 0 rings (SSSR count). The van der Waals surface area contributed by atoms with E-state index in [1.54, 1.807) is 20.8 Å². The smallest absolute Gasteiger partial charge is 0.329 e. The molecule has 0 fully saturated rings. The number of ether oxygens (including phenoxy) is 1. The summed E-state index contributed by atoms with van der Waals surface area (Å²) in [6, 6.07) is 0. The van der Waals surface area contributed by atoms with Crippen LogP contribution in [0.3, 0.4) is 0 Å². The van der Waals surface area contributed by atoms with E-state index in [1.165, 1.54) is 6.08 Å². The summed E-state index contributed by atoms with van der Waals surface area (Å²) in [6.45, 7) is 4.99. The van der Waals surface area contributed by atoms with Crippen LogP contribution in [0.15, 0.2) is 4.99 Å². The number of carbonyl (C=O) groups excluding carboxylic acids is 2. The van der Waals surface area contributed by atoms with E-state index in [2.05, 4.69) is 4.99 Å². The maximum Gasteiger partial charge on any atom is 0.329 e. The zero-order valence-electron chi connectivity index (χ0n) is 6.88. The van der Waals surface area contributed by atoms with Gasteiger partial charge in [-0.1, -0.05) is 0 Å². The quantitative estimate of drug-likeness (QED) is 0.336. The highest BCUT2D eigenvalue weighted by Gasteiger charge is 2.15. The fourth-order valence-corrected chi connectivity index (χ4v) is 0.471. The first kappa shape index (κ1) is 9.85. The average Bonchev–Trinajstić information content (AvgIpc) is 1.79. The molecule has 62 valence electrons. The molecule has 11 heavy (non-hydrogen) atoms. The first-order chi connectivity index (χ1) is 4.95. The summed E-state index contributed by atoms with van der Waals surface area (Å²) in [7, 11) is 0. The Morgan fingerprint density at radius 3 is 2.45 bits per heavy atom. The molecule has 0 saturated heterocycles. The summed E-state index contributed by atoms with van der Waals surface area (Å²) >= 11 is 0. The van der Waals surface area contributed by atoms with Gasteiger partial charge in [0.05, 0.1) is 0 Å². The van der Waals surface area contributed by atoms with Crippen LogP contribution >= 0.6 is 0 Å². The minimum Gasteiger partial charge on any atom is -0.459 e. The van der Waals surface area contributed by atoms with E-state index < -0.39 is 11.6 Å². The number of carbonyl (C=O) groups is 1. The van der Waals surface area contributed by atoms with Gasteiger partial charge in [0.15, 0.2) is 0 Å². The lowest BCUT2D eigenvalue weighted by molar-refractivity contribution is -0.152. The molecule has 0 atom stereocenters. The predicted octanol–water partition coefficient (Wildman–Crippen LogP) is 0.664. The number of rotatable bonds is 2. The molecular weight excluding hydrogens is 146 g/mol. The second-order valence-corrected chi connectivity index (χ2v) is 2.99. The van der Waals surface area contributed by atoms with Crippen molar-refractivity contribution in [2.75, 3.05) is 6.54 Å². The van der Waals surface area contributed by atoms with Crippen molar-refractivity contribution < 1.29 is 14.3 Å². The van der Waals surface area contributed by atoms with Gasteiger partial charge in [-0.2, -0.15) is 4.99 Å². The third-order valence-corrected chi connectivity index (χ3v) is 0.693. The van der Waals surface area contributed by atoms with Gasteiger partial charge in [0.25, 0.3) is 0 Å². The Labute approximate surface area is 65.3 Å². The fraction of sp³-hybridized carbons (Fsp3) is 0.714. The van der Waals surface area contributed by atoms with Gasteiger partial charge in [-0.15, -0.1) is 0 Å². The molecule has 4 nitrogen and oxygen atoms in total. The molecule has 0 amide bonds. The van der Waals surface area contributed by atoms with E-state index in [0.717, 1.165) is 0 Å². The Morgan fingerprint density at radius 2 is 2.09 bits per heavy atom. The molecule has 0 aliphatic heterocycles. The average molecular weight is 157 g/mol. The van der Waals surface area contributed by atoms with Gasteiger partial charge in [0.1, 0.15) is 12.1 Å². The van der Waals surface area contributed by atoms with Gasteiger partial charge in [-0.3, -0.25) is 0 Å². The Balaban J connectivity index is 3.79. The van der Waals surface area contributed by atoms with E-state index in [-0.39, 0.29) is 6.54 Å². The number of esters is 1. The Bertz CT molecular complexity index is 186. The van der Waals surface area contributed by atoms with Crippen LogP contribution in [0.25, 0.3) is 0 Å². The summed E-state index contributed by atoms with van der Waals surface area (Å²) in [5, 5.41) is 0. The highest BCUT2D eigenvalue weighted by Crippen LogP contribution is 2.06. The highest BCUT2D eigenvalue weighted by atomic mass is 16.6. The van der Waals surface area contributed by atoms with Crippen molar-refractivity contribution in [1.29, 1.82) is 0 Å². The lowest BCUT2D eigenvalue weighted by Crippen LogP contribution is -2.25. The van der Waals surface area contributed by atoms with E-state index >= 15 is 0 Å². The van der Waals surface area contributed by atoms with Crippen LogP contribution in [0, 0.1) is 0 Å². The van der Waals surface area contributed by atoms with E-state index in [0.29, 0.717) is 0 Å². The van der Waals surface area contributed by atoms with Crippen molar-refractivity contribution in [2.24, 2.45) is 4.99 Å². The molecule has 0 aromatic heterocycles. The van der Waals surface area contributed by atoms with Crippen molar-refractivity contribution in [3.63, 3.8) is 0 Å². The summed E-state index contributed by atoms with van der Waals surface area (Å²) in [5.41, 5.74) is -0.518. The van der Waals surface area contributed by atoms with Crippen LogP contribution in [-0.2, 0) is 14.3 Å². The van der Waals surface area contributed by atoms with Crippen molar-refractivity contribution in [2.45, 2.75) is 26.4 Å². The van der Waals surface area contributed by atoms with Gasteiger partial charge < -0.3 is 4.74 Å². The topological polar surface area (TPSA) is 55.7 Å². The number of aliphatic imine (C=N–C) groups is 1. The molecule has 0 aromatic carbocycles. The van der Waals surface area contributed by atoms with Gasteiger partial charge in [0.2, 0.25) is 6.08 Å². The third kappa shape index (κ3) is 6.74. The molecule has 0 aliphatic carbocycles. The fourth-order valence-electron chi connectivity index (χ4n) is 0.471. The molecule has 0 aliphatic rings. The maximum absolute atomic E-state index is 10.7. The number of hydrogen-bond donors (Lipinski definition) is 0. The molecular formula is C7H11NO3.